The van der Waals surface area contributed by atoms with Crippen LogP contribution >= 0.6 is 0 Å². The molecule has 0 spiro atoms. The molecule has 58 heavy (non-hydrogen) atoms. The van der Waals surface area contributed by atoms with E-state index >= 15 is 0 Å². The van der Waals surface area contributed by atoms with E-state index < -0.39 is 6.03 Å². The highest BCUT2D eigenvalue weighted by molar-refractivity contribution is 6.07. The van der Waals surface area contributed by atoms with Crippen molar-refractivity contribution in [2.24, 2.45) is 0 Å². The normalized spacial score (nSPS) is 11.4. The van der Waals surface area contributed by atoms with Gasteiger partial charge in [0.05, 0.1) is 62.9 Å². The average molecular weight is 790 g/mol. The smallest absolute Gasteiger partial charge is 0.324 e. The second-order valence-electron chi connectivity index (χ2n) is 14.4. The summed E-state index contributed by atoms with van der Waals surface area (Å²) in [5, 5.41) is 12.5. The van der Waals surface area contributed by atoms with Gasteiger partial charge in [0.2, 0.25) is 11.8 Å². The third kappa shape index (κ3) is 10.8. The molecule has 6 rings (SSSR count). The van der Waals surface area contributed by atoms with Gasteiger partial charge in [0, 0.05) is 66.9 Å². The number of methoxy groups -OCH3 is 2. The molecule has 2 N–H and O–H groups in total. The van der Waals surface area contributed by atoms with Crippen LogP contribution in [0.5, 0.6) is 23.1 Å². The fraction of sp³-hybridized carbons (Fsp3) is 0.318. The lowest BCUT2D eigenvalue weighted by molar-refractivity contribution is 0.0179. The molecule has 2 aromatic heterocycles. The van der Waals surface area contributed by atoms with Gasteiger partial charge in [0.15, 0.2) is 0 Å². The number of urea groups is 1. The number of nitrogens with one attached hydrogen (secondary N) is 2. The van der Waals surface area contributed by atoms with Crippen molar-refractivity contribution in [1.82, 2.24) is 19.7 Å². The summed E-state index contributed by atoms with van der Waals surface area (Å²) in [5.74, 6) is 3.06. The summed E-state index contributed by atoms with van der Waals surface area (Å²) >= 11 is 0. The molecule has 4 aromatic carbocycles. The molecule has 0 saturated carbocycles. The molecule has 0 fully saturated rings. The number of aryl methyl sites for hydroxylation is 1. The zero-order chi connectivity index (χ0) is 41.1. The minimum Gasteiger partial charge on any atom is -0.497 e. The fourth-order valence-corrected chi connectivity index (χ4v) is 5.87. The van der Waals surface area contributed by atoms with Crippen molar-refractivity contribution in [1.29, 1.82) is 0 Å². The number of carbonyl (C=O) groups is 1. The first kappa shape index (κ1) is 41.4. The molecule has 0 atom stereocenters. The lowest BCUT2D eigenvalue weighted by atomic mass is 9.92. The Morgan fingerprint density at radius 1 is 0.793 bits per heavy atom. The number of hydrogen-bond donors (Lipinski definition) is 2. The molecule has 14 nitrogen and oxygen atoms in total. The maximum absolute atomic E-state index is 13.6. The van der Waals surface area contributed by atoms with E-state index in [1.54, 1.807) is 31.2 Å². The van der Waals surface area contributed by atoms with E-state index in [1.165, 1.54) is 0 Å². The molecular formula is C44H51N7O7. The highest BCUT2D eigenvalue weighted by Gasteiger charge is 2.22. The van der Waals surface area contributed by atoms with Gasteiger partial charge in [-0.2, -0.15) is 10.1 Å². The van der Waals surface area contributed by atoms with E-state index in [0.717, 1.165) is 33.4 Å². The Morgan fingerprint density at radius 2 is 1.50 bits per heavy atom. The van der Waals surface area contributed by atoms with Crippen LogP contribution < -0.4 is 29.7 Å². The Balaban J connectivity index is 1.14. The van der Waals surface area contributed by atoms with Crippen LogP contribution in [0, 0.1) is 6.92 Å². The van der Waals surface area contributed by atoms with Gasteiger partial charge in [0.25, 0.3) is 0 Å². The predicted octanol–water partition coefficient (Wildman–Crippen LogP) is 8.69. The second kappa shape index (κ2) is 19.3. The highest BCUT2D eigenvalue weighted by atomic mass is 16.6. The third-order valence-electron chi connectivity index (χ3n) is 9.05. The molecule has 6 aromatic rings. The van der Waals surface area contributed by atoms with Crippen LogP contribution in [0.4, 0.5) is 27.9 Å². The number of anilines is 4. The Morgan fingerprint density at radius 3 is 2.22 bits per heavy atom. The Labute approximate surface area is 339 Å². The summed E-state index contributed by atoms with van der Waals surface area (Å²) < 4.78 is 35.7. The maximum atomic E-state index is 13.6. The Hall–Kier alpha value is -6.22. The first-order valence-electron chi connectivity index (χ1n) is 19.0. The van der Waals surface area contributed by atoms with Gasteiger partial charge in [-0.05, 0) is 31.2 Å². The van der Waals surface area contributed by atoms with Crippen LogP contribution in [0.1, 0.15) is 32.0 Å². The fourth-order valence-electron chi connectivity index (χ4n) is 5.87. The molecule has 0 aliphatic rings. The number of ether oxygens (including phenoxy) is 6. The highest BCUT2D eigenvalue weighted by Crippen LogP contribution is 2.36. The Kier molecular flexibility index (Phi) is 13.8. The summed E-state index contributed by atoms with van der Waals surface area (Å²) in [6.07, 6.45) is 1.64. The third-order valence-corrected chi connectivity index (χ3v) is 9.05. The minimum absolute atomic E-state index is 0.223. The van der Waals surface area contributed by atoms with Crippen LogP contribution in [0.15, 0.2) is 97.2 Å². The minimum atomic E-state index is -0.407. The SMILES string of the molecule is COCCOCCOCCOc1cc(OC)cc(N(C)c2nccc(Oc3ccc(NC(=O)Nc4cc(C(C)(C)C)nn4-c4ccc(C)cc4)c4ccccc34)n2)c1. The van der Waals surface area contributed by atoms with Crippen LogP contribution in [-0.2, 0) is 19.6 Å². The topological polar surface area (TPSA) is 143 Å². The summed E-state index contributed by atoms with van der Waals surface area (Å²) in [5.41, 5.74) is 3.96. The number of carbonyl (C=O) groups excluding carboxylic acids is 1. The van der Waals surface area contributed by atoms with Crippen molar-refractivity contribution in [2.75, 3.05) is 76.4 Å². The monoisotopic (exact) mass is 789 g/mol. The standard InChI is InChI=1S/C44H51N7O7/c1-30-12-14-31(15-13-30)51-40(29-39(49-51)44(2,3)4)47-43(52)46-37-16-17-38(36-11-9-8-10-35(36)37)58-41-18-19-45-42(48-41)50(5)32-26-33(54-7)28-34(27-32)57-25-24-56-23-22-55-21-20-53-6/h8-19,26-29H,20-25H2,1-7H3,(H2,46,47,52). The van der Waals surface area contributed by atoms with E-state index in [1.807, 2.05) is 104 Å². The van der Waals surface area contributed by atoms with E-state index in [0.29, 0.717) is 80.2 Å². The van der Waals surface area contributed by atoms with Gasteiger partial charge in [-0.3, -0.25) is 5.32 Å². The van der Waals surface area contributed by atoms with Gasteiger partial charge < -0.3 is 38.6 Å². The molecule has 304 valence electrons. The summed E-state index contributed by atoms with van der Waals surface area (Å²) in [7, 11) is 5.09. The lowest BCUT2D eigenvalue weighted by Gasteiger charge is -2.20. The first-order valence-corrected chi connectivity index (χ1v) is 19.0. The average Bonchev–Trinajstić information content (AvgIpc) is 3.65. The molecular weight excluding hydrogens is 739 g/mol. The summed E-state index contributed by atoms with van der Waals surface area (Å²) in [6.45, 7) is 11.1. The Bertz CT molecular complexity index is 2290. The van der Waals surface area contributed by atoms with Crippen LogP contribution in [0.25, 0.3) is 16.5 Å². The van der Waals surface area contributed by atoms with Crippen LogP contribution in [-0.4, -0.2) is 86.7 Å². The predicted molar refractivity (Wildman–Crippen MR) is 226 cm³/mol. The number of fused-ring (bicyclic) bond motifs is 1. The number of aromatic nitrogens is 4. The summed E-state index contributed by atoms with van der Waals surface area (Å²) in [4.78, 5) is 24.6. The molecule has 0 bridgehead atoms. The van der Waals surface area contributed by atoms with Crippen molar-refractivity contribution < 1.29 is 33.2 Å². The molecule has 2 heterocycles. The number of benzene rings is 4. The van der Waals surface area contributed by atoms with E-state index in [9.17, 15) is 4.79 Å². The molecule has 0 radical (unpaired) electrons. The molecule has 0 unspecified atom stereocenters. The van der Waals surface area contributed by atoms with Crippen molar-refractivity contribution in [3.8, 4) is 28.8 Å². The van der Waals surface area contributed by atoms with Crippen LogP contribution in [0.2, 0.25) is 0 Å². The quantitative estimate of drug-likeness (QED) is 0.0808. The van der Waals surface area contributed by atoms with Gasteiger partial charge in [-0.25, -0.2) is 14.5 Å². The molecule has 0 aliphatic carbocycles. The first-order chi connectivity index (χ1) is 28.0. The van der Waals surface area contributed by atoms with Gasteiger partial charge in [-0.15, -0.1) is 0 Å². The van der Waals surface area contributed by atoms with E-state index in [2.05, 4.69) is 36.4 Å². The van der Waals surface area contributed by atoms with Crippen molar-refractivity contribution in [3.05, 3.63) is 108 Å². The van der Waals surface area contributed by atoms with E-state index in [-0.39, 0.29) is 5.41 Å². The largest absolute Gasteiger partial charge is 0.497 e. The van der Waals surface area contributed by atoms with Gasteiger partial charge in [-0.1, -0.05) is 62.7 Å². The molecule has 2 amide bonds. The van der Waals surface area contributed by atoms with Crippen molar-refractivity contribution in [2.45, 2.75) is 33.1 Å². The van der Waals surface area contributed by atoms with Crippen LogP contribution in [0.3, 0.4) is 0 Å². The zero-order valence-corrected chi connectivity index (χ0v) is 34.1. The van der Waals surface area contributed by atoms with Gasteiger partial charge in [0.1, 0.15) is 29.7 Å². The van der Waals surface area contributed by atoms with E-state index in [4.69, 9.17) is 38.5 Å². The number of amides is 2. The second-order valence-corrected chi connectivity index (χ2v) is 14.4. The number of nitrogens with zero attached hydrogens (tertiary/aromatic N) is 5. The zero-order valence-electron chi connectivity index (χ0n) is 34.1. The summed E-state index contributed by atoms with van der Waals surface area (Å²) in [6, 6.07) is 28.1. The van der Waals surface area contributed by atoms with Gasteiger partial charge >= 0.3 is 6.03 Å². The molecule has 14 heteroatoms. The maximum Gasteiger partial charge on any atom is 0.324 e. The molecule has 0 saturated heterocycles. The van der Waals surface area contributed by atoms with Crippen molar-refractivity contribution in [3.63, 3.8) is 0 Å². The number of rotatable bonds is 18. The number of hydrogen-bond acceptors (Lipinski definition) is 11. The lowest BCUT2D eigenvalue weighted by Crippen LogP contribution is -2.21. The van der Waals surface area contributed by atoms with Crippen molar-refractivity contribution >= 4 is 39.9 Å². The molecule has 0 aliphatic heterocycles.